The van der Waals surface area contributed by atoms with Crippen LogP contribution >= 0.6 is 27.5 Å². The Balaban J connectivity index is 1.68. The van der Waals surface area contributed by atoms with E-state index < -0.39 is 18.5 Å². The van der Waals surface area contributed by atoms with Gasteiger partial charge in [0, 0.05) is 16.6 Å². The van der Waals surface area contributed by atoms with Crippen LogP contribution in [-0.2, 0) is 25.7 Å². The molecule has 2 aromatic rings. The van der Waals surface area contributed by atoms with E-state index in [4.69, 9.17) is 20.8 Å². The van der Waals surface area contributed by atoms with Crippen molar-refractivity contribution in [2.45, 2.75) is 26.3 Å². The van der Waals surface area contributed by atoms with Crippen molar-refractivity contribution in [1.29, 1.82) is 0 Å². The molecule has 0 radical (unpaired) electrons. The Labute approximate surface area is 169 Å². The quantitative estimate of drug-likeness (QED) is 0.591. The Morgan fingerprint density at radius 2 is 1.96 bits per heavy atom. The smallest absolute Gasteiger partial charge is 0.306 e. The molecule has 0 aliphatic rings. The van der Waals surface area contributed by atoms with Crippen LogP contribution in [0.3, 0.4) is 0 Å². The van der Waals surface area contributed by atoms with Gasteiger partial charge in [-0.3, -0.25) is 14.4 Å². The largest absolute Gasteiger partial charge is 0.467 e. The maximum absolute atomic E-state index is 11.9. The predicted octanol–water partition coefficient (Wildman–Crippen LogP) is 3.58. The van der Waals surface area contributed by atoms with Crippen LogP contribution in [0.4, 0.5) is 5.69 Å². The van der Waals surface area contributed by atoms with E-state index in [1.165, 1.54) is 6.26 Å². The highest BCUT2D eigenvalue weighted by Gasteiger charge is 2.13. The molecule has 0 bridgehead atoms. The Morgan fingerprint density at radius 3 is 2.67 bits per heavy atom. The summed E-state index contributed by atoms with van der Waals surface area (Å²) >= 11 is 9.39. The van der Waals surface area contributed by atoms with Gasteiger partial charge >= 0.3 is 5.97 Å². The number of esters is 1. The maximum Gasteiger partial charge on any atom is 0.306 e. The number of amides is 2. The summed E-state index contributed by atoms with van der Waals surface area (Å²) in [6.45, 7) is 1.56. The maximum atomic E-state index is 11.9. The number of ether oxygens (including phenoxy) is 1. The van der Waals surface area contributed by atoms with Crippen LogP contribution in [0.1, 0.15) is 24.2 Å². The minimum atomic E-state index is -0.635. The molecular formula is C18H18BrClN2O5. The molecule has 0 spiro atoms. The second-order valence-electron chi connectivity index (χ2n) is 5.60. The molecule has 1 aromatic heterocycles. The minimum Gasteiger partial charge on any atom is -0.467 e. The summed E-state index contributed by atoms with van der Waals surface area (Å²) < 4.78 is 10.7. The fourth-order valence-corrected chi connectivity index (χ4v) is 2.69. The van der Waals surface area contributed by atoms with E-state index >= 15 is 0 Å². The number of nitrogens with one attached hydrogen (secondary N) is 2. The standard InChI is InChI=1S/C18H18BrClN2O5/c1-11-14(5-4-13(19)18(11)20)22-16(24)10-27-17(25)7-6-15(23)21-9-12-3-2-8-26-12/h2-5,8H,6-7,9-10H2,1H3,(H,21,23)(H,22,24). The summed E-state index contributed by atoms with van der Waals surface area (Å²) in [5.41, 5.74) is 1.22. The fraction of sp³-hybridized carbons (Fsp3) is 0.278. The van der Waals surface area contributed by atoms with E-state index in [2.05, 4.69) is 26.6 Å². The van der Waals surface area contributed by atoms with Crippen LogP contribution in [0, 0.1) is 6.92 Å². The summed E-state index contributed by atoms with van der Waals surface area (Å²) in [4.78, 5) is 35.2. The molecule has 0 saturated heterocycles. The van der Waals surface area contributed by atoms with Gasteiger partial charge in [-0.15, -0.1) is 0 Å². The highest BCUT2D eigenvalue weighted by atomic mass is 79.9. The Bertz CT molecular complexity index is 823. The first-order chi connectivity index (χ1) is 12.9. The SMILES string of the molecule is Cc1c(NC(=O)COC(=O)CCC(=O)NCc2ccco2)ccc(Br)c1Cl. The lowest BCUT2D eigenvalue weighted by Crippen LogP contribution is -2.25. The third-order valence-corrected chi connectivity index (χ3v) is 4.95. The van der Waals surface area contributed by atoms with Crippen molar-refractivity contribution < 1.29 is 23.5 Å². The molecule has 2 amide bonds. The Morgan fingerprint density at radius 1 is 1.19 bits per heavy atom. The van der Waals surface area contributed by atoms with Crippen molar-refractivity contribution >= 4 is 51.0 Å². The first-order valence-corrected chi connectivity index (χ1v) is 9.23. The first-order valence-electron chi connectivity index (χ1n) is 8.06. The van der Waals surface area contributed by atoms with E-state index in [1.54, 1.807) is 31.2 Å². The van der Waals surface area contributed by atoms with Crippen molar-refractivity contribution in [2.75, 3.05) is 11.9 Å². The summed E-state index contributed by atoms with van der Waals surface area (Å²) in [6, 6.07) is 6.84. The van der Waals surface area contributed by atoms with Crippen molar-refractivity contribution in [3.8, 4) is 0 Å². The molecule has 2 rings (SSSR count). The molecule has 0 aliphatic heterocycles. The van der Waals surface area contributed by atoms with Crippen LogP contribution in [-0.4, -0.2) is 24.4 Å². The van der Waals surface area contributed by atoms with E-state index in [1.807, 2.05) is 0 Å². The van der Waals surface area contributed by atoms with Crippen LogP contribution in [0.25, 0.3) is 0 Å². The summed E-state index contributed by atoms with van der Waals surface area (Å²) in [7, 11) is 0. The molecular weight excluding hydrogens is 440 g/mol. The van der Waals surface area contributed by atoms with Gasteiger partial charge in [0.1, 0.15) is 5.76 Å². The number of carbonyl (C=O) groups excluding carboxylic acids is 3. The molecule has 0 saturated carbocycles. The summed E-state index contributed by atoms with van der Waals surface area (Å²) in [6.07, 6.45) is 1.34. The average molecular weight is 458 g/mol. The van der Waals surface area contributed by atoms with E-state index in [0.29, 0.717) is 22.0 Å². The van der Waals surface area contributed by atoms with Gasteiger partial charge in [0.15, 0.2) is 6.61 Å². The van der Waals surface area contributed by atoms with E-state index in [0.717, 1.165) is 4.47 Å². The van der Waals surface area contributed by atoms with Gasteiger partial charge in [-0.1, -0.05) is 11.6 Å². The van der Waals surface area contributed by atoms with Gasteiger partial charge in [0.05, 0.1) is 24.3 Å². The van der Waals surface area contributed by atoms with Crippen LogP contribution < -0.4 is 10.6 Å². The average Bonchev–Trinajstić information content (AvgIpc) is 3.17. The number of benzene rings is 1. The number of anilines is 1. The van der Waals surface area contributed by atoms with Crippen molar-refractivity contribution in [1.82, 2.24) is 5.32 Å². The lowest BCUT2D eigenvalue weighted by Gasteiger charge is -2.11. The number of hydrogen-bond acceptors (Lipinski definition) is 5. The number of furan rings is 1. The number of carbonyl (C=O) groups is 3. The van der Waals surface area contributed by atoms with Crippen molar-refractivity contribution in [3.05, 3.63) is 51.3 Å². The predicted molar refractivity (Wildman–Crippen MR) is 103 cm³/mol. The van der Waals surface area contributed by atoms with Crippen LogP contribution in [0.2, 0.25) is 5.02 Å². The van der Waals surface area contributed by atoms with Gasteiger partial charge in [-0.2, -0.15) is 0 Å². The third-order valence-electron chi connectivity index (χ3n) is 3.57. The third kappa shape index (κ3) is 6.73. The molecule has 0 atom stereocenters. The summed E-state index contributed by atoms with van der Waals surface area (Å²) in [5.74, 6) is -0.824. The molecule has 27 heavy (non-hydrogen) atoms. The van der Waals surface area contributed by atoms with E-state index in [9.17, 15) is 14.4 Å². The lowest BCUT2D eigenvalue weighted by molar-refractivity contribution is -0.148. The zero-order valence-corrected chi connectivity index (χ0v) is 16.9. The molecule has 7 nitrogen and oxygen atoms in total. The fourth-order valence-electron chi connectivity index (χ4n) is 2.09. The van der Waals surface area contributed by atoms with Gasteiger partial charge in [0.2, 0.25) is 5.91 Å². The minimum absolute atomic E-state index is 0.0391. The molecule has 1 aromatic carbocycles. The second kappa shape index (κ2) is 10.1. The second-order valence-corrected chi connectivity index (χ2v) is 6.83. The summed E-state index contributed by atoms with van der Waals surface area (Å²) in [5, 5.41) is 5.73. The molecule has 2 N–H and O–H groups in total. The van der Waals surface area contributed by atoms with Crippen LogP contribution in [0.5, 0.6) is 0 Å². The van der Waals surface area contributed by atoms with Gasteiger partial charge in [-0.05, 0) is 52.7 Å². The van der Waals surface area contributed by atoms with Crippen LogP contribution in [0.15, 0.2) is 39.4 Å². The number of hydrogen-bond donors (Lipinski definition) is 2. The van der Waals surface area contributed by atoms with Gasteiger partial charge in [-0.25, -0.2) is 0 Å². The van der Waals surface area contributed by atoms with Gasteiger partial charge in [0.25, 0.3) is 5.91 Å². The molecule has 9 heteroatoms. The topological polar surface area (TPSA) is 97.6 Å². The molecule has 0 aliphatic carbocycles. The normalized spacial score (nSPS) is 10.3. The van der Waals surface area contributed by atoms with Gasteiger partial charge < -0.3 is 19.8 Å². The number of halogens is 2. The Kier molecular flexibility index (Phi) is 7.87. The molecule has 1 heterocycles. The van der Waals surface area contributed by atoms with Crippen molar-refractivity contribution in [2.24, 2.45) is 0 Å². The molecule has 144 valence electrons. The Hall–Kier alpha value is -2.32. The lowest BCUT2D eigenvalue weighted by atomic mass is 10.2. The molecule has 0 unspecified atom stereocenters. The van der Waals surface area contributed by atoms with E-state index in [-0.39, 0.29) is 25.3 Å². The first kappa shape index (κ1) is 21.0. The number of rotatable bonds is 8. The highest BCUT2D eigenvalue weighted by molar-refractivity contribution is 9.10. The monoisotopic (exact) mass is 456 g/mol. The highest BCUT2D eigenvalue weighted by Crippen LogP contribution is 2.30. The zero-order chi connectivity index (χ0) is 19.8. The van der Waals surface area contributed by atoms with Crippen molar-refractivity contribution in [3.63, 3.8) is 0 Å². The molecule has 0 fully saturated rings. The zero-order valence-electron chi connectivity index (χ0n) is 14.5.